The lowest BCUT2D eigenvalue weighted by atomic mass is 9.97. The number of ketones is 1. The number of halogens is 1. The summed E-state index contributed by atoms with van der Waals surface area (Å²) in [6.45, 7) is 3.53. The molecule has 0 aliphatic carbocycles. The van der Waals surface area contributed by atoms with Crippen molar-refractivity contribution in [3.05, 3.63) is 34.9 Å². The Labute approximate surface area is 95.2 Å². The molecule has 0 aromatic heterocycles. The average Bonchev–Trinajstić information content (AvgIpc) is 2.17. The monoisotopic (exact) mass is 226 g/mol. The Morgan fingerprint density at radius 3 is 2.67 bits per heavy atom. The van der Waals surface area contributed by atoms with Gasteiger partial charge in [0.15, 0.2) is 5.78 Å². The Morgan fingerprint density at radius 1 is 1.47 bits per heavy atom. The van der Waals surface area contributed by atoms with Crippen LogP contribution in [0.5, 0.6) is 0 Å². The molecular formula is C12H15ClO2. The molecule has 0 unspecified atom stereocenters. The lowest BCUT2D eigenvalue weighted by molar-refractivity contribution is -0.136. The zero-order valence-corrected chi connectivity index (χ0v) is 9.97. The molecule has 0 aliphatic heterocycles. The number of carbonyl (C=O) groups is 1. The van der Waals surface area contributed by atoms with Crippen LogP contribution >= 0.6 is 11.6 Å². The maximum absolute atomic E-state index is 11.8. The van der Waals surface area contributed by atoms with E-state index in [4.69, 9.17) is 16.3 Å². The van der Waals surface area contributed by atoms with E-state index < -0.39 is 5.60 Å². The second kappa shape index (κ2) is 4.77. The summed E-state index contributed by atoms with van der Waals surface area (Å²) in [5.74, 6) is 0.0484. The highest BCUT2D eigenvalue weighted by molar-refractivity contribution is 6.30. The SMILES string of the molecule is COC(C)(C)C(=O)Cc1cccc(Cl)c1. The average molecular weight is 227 g/mol. The number of hydrogen-bond donors (Lipinski definition) is 0. The minimum atomic E-state index is -0.734. The van der Waals surface area contributed by atoms with E-state index in [9.17, 15) is 4.79 Å². The molecule has 0 spiro atoms. The highest BCUT2D eigenvalue weighted by atomic mass is 35.5. The Kier molecular flexibility index (Phi) is 3.89. The Bertz CT molecular complexity index is 358. The molecule has 82 valence electrons. The van der Waals surface area contributed by atoms with Crippen molar-refractivity contribution < 1.29 is 9.53 Å². The first-order valence-corrected chi connectivity index (χ1v) is 5.16. The second-order valence-electron chi connectivity index (χ2n) is 3.94. The molecule has 0 fully saturated rings. The number of hydrogen-bond acceptors (Lipinski definition) is 2. The summed E-state index contributed by atoms with van der Waals surface area (Å²) in [4.78, 5) is 11.8. The van der Waals surface area contributed by atoms with Gasteiger partial charge in [0.1, 0.15) is 5.60 Å². The van der Waals surface area contributed by atoms with E-state index in [0.717, 1.165) is 5.56 Å². The molecule has 0 bridgehead atoms. The molecule has 1 aromatic carbocycles. The fourth-order valence-electron chi connectivity index (χ4n) is 1.16. The van der Waals surface area contributed by atoms with Crippen LogP contribution < -0.4 is 0 Å². The van der Waals surface area contributed by atoms with Crippen molar-refractivity contribution >= 4 is 17.4 Å². The third-order valence-corrected chi connectivity index (χ3v) is 2.67. The van der Waals surface area contributed by atoms with Crippen LogP contribution in [0.1, 0.15) is 19.4 Å². The smallest absolute Gasteiger partial charge is 0.168 e. The summed E-state index contributed by atoms with van der Waals surface area (Å²) in [5.41, 5.74) is 0.181. The summed E-state index contributed by atoms with van der Waals surface area (Å²) in [6, 6.07) is 7.31. The lowest BCUT2D eigenvalue weighted by Gasteiger charge is -2.21. The van der Waals surface area contributed by atoms with Gasteiger partial charge < -0.3 is 4.74 Å². The van der Waals surface area contributed by atoms with Gasteiger partial charge in [-0.2, -0.15) is 0 Å². The number of carbonyl (C=O) groups excluding carboxylic acids is 1. The van der Waals surface area contributed by atoms with Crippen molar-refractivity contribution in [2.24, 2.45) is 0 Å². The van der Waals surface area contributed by atoms with E-state index in [1.165, 1.54) is 7.11 Å². The van der Waals surface area contributed by atoms with Crippen LogP contribution in [0.2, 0.25) is 5.02 Å². The minimum Gasteiger partial charge on any atom is -0.371 e. The minimum absolute atomic E-state index is 0.0484. The Morgan fingerprint density at radius 2 is 2.13 bits per heavy atom. The van der Waals surface area contributed by atoms with E-state index >= 15 is 0 Å². The van der Waals surface area contributed by atoms with Gasteiger partial charge in [0.25, 0.3) is 0 Å². The van der Waals surface area contributed by atoms with Crippen LogP contribution in [0, 0.1) is 0 Å². The first kappa shape index (κ1) is 12.2. The second-order valence-corrected chi connectivity index (χ2v) is 4.38. The number of benzene rings is 1. The predicted molar refractivity (Wildman–Crippen MR) is 61.3 cm³/mol. The van der Waals surface area contributed by atoms with Gasteiger partial charge in [-0.1, -0.05) is 23.7 Å². The van der Waals surface area contributed by atoms with E-state index in [0.29, 0.717) is 11.4 Å². The first-order valence-electron chi connectivity index (χ1n) is 4.78. The van der Waals surface area contributed by atoms with Gasteiger partial charge in [-0.25, -0.2) is 0 Å². The van der Waals surface area contributed by atoms with Crippen molar-refractivity contribution in [2.75, 3.05) is 7.11 Å². The van der Waals surface area contributed by atoms with E-state index in [1.807, 2.05) is 12.1 Å². The van der Waals surface area contributed by atoms with Crippen LogP contribution in [0.25, 0.3) is 0 Å². The van der Waals surface area contributed by atoms with Crippen LogP contribution in [0.15, 0.2) is 24.3 Å². The quantitative estimate of drug-likeness (QED) is 0.789. The molecule has 0 amide bonds. The number of ether oxygens (including phenoxy) is 1. The van der Waals surface area contributed by atoms with Crippen molar-refractivity contribution in [1.82, 2.24) is 0 Å². The van der Waals surface area contributed by atoms with Crippen LogP contribution in [-0.2, 0) is 16.0 Å². The zero-order chi connectivity index (χ0) is 11.5. The van der Waals surface area contributed by atoms with Gasteiger partial charge in [-0.15, -0.1) is 0 Å². The van der Waals surface area contributed by atoms with Crippen molar-refractivity contribution in [3.63, 3.8) is 0 Å². The molecular weight excluding hydrogens is 212 g/mol. The predicted octanol–water partition coefficient (Wildman–Crippen LogP) is 2.88. The van der Waals surface area contributed by atoms with E-state index in [-0.39, 0.29) is 5.78 Å². The fourth-order valence-corrected chi connectivity index (χ4v) is 1.37. The number of Topliss-reactive ketones (excluding diaryl/α,β-unsaturated/α-hetero) is 1. The Hall–Kier alpha value is -0.860. The molecule has 0 radical (unpaired) electrons. The molecule has 0 atom stereocenters. The fraction of sp³-hybridized carbons (Fsp3) is 0.417. The van der Waals surface area contributed by atoms with Crippen LogP contribution in [0.4, 0.5) is 0 Å². The van der Waals surface area contributed by atoms with Gasteiger partial charge in [-0.05, 0) is 31.5 Å². The molecule has 1 aromatic rings. The Balaban J connectivity index is 2.75. The molecule has 0 N–H and O–H groups in total. The third kappa shape index (κ3) is 3.33. The summed E-state index contributed by atoms with van der Waals surface area (Å²) in [7, 11) is 1.54. The molecule has 0 aliphatic rings. The first-order chi connectivity index (χ1) is 6.95. The topological polar surface area (TPSA) is 26.3 Å². The summed E-state index contributed by atoms with van der Waals surface area (Å²) < 4.78 is 5.12. The standard InChI is InChI=1S/C12H15ClO2/c1-12(2,15-3)11(14)8-9-5-4-6-10(13)7-9/h4-7H,8H2,1-3H3. The summed E-state index contributed by atoms with van der Waals surface area (Å²) in [6.07, 6.45) is 0.349. The van der Waals surface area contributed by atoms with E-state index in [2.05, 4.69) is 0 Å². The normalized spacial score (nSPS) is 11.5. The van der Waals surface area contributed by atoms with Gasteiger partial charge in [0.05, 0.1) is 0 Å². The van der Waals surface area contributed by atoms with Gasteiger partial charge in [-0.3, -0.25) is 4.79 Å². The number of methoxy groups -OCH3 is 1. The zero-order valence-electron chi connectivity index (χ0n) is 9.21. The van der Waals surface area contributed by atoms with Gasteiger partial charge >= 0.3 is 0 Å². The molecule has 0 saturated heterocycles. The van der Waals surface area contributed by atoms with Crippen molar-refractivity contribution in [3.8, 4) is 0 Å². The van der Waals surface area contributed by atoms with Crippen molar-refractivity contribution in [2.45, 2.75) is 25.9 Å². The maximum Gasteiger partial charge on any atom is 0.168 e. The number of rotatable bonds is 4. The molecule has 3 heteroatoms. The van der Waals surface area contributed by atoms with Crippen LogP contribution in [0.3, 0.4) is 0 Å². The highest BCUT2D eigenvalue weighted by Crippen LogP contribution is 2.16. The largest absolute Gasteiger partial charge is 0.371 e. The summed E-state index contributed by atoms with van der Waals surface area (Å²) in [5, 5.41) is 0.649. The van der Waals surface area contributed by atoms with E-state index in [1.54, 1.807) is 26.0 Å². The highest BCUT2D eigenvalue weighted by Gasteiger charge is 2.26. The molecule has 15 heavy (non-hydrogen) atoms. The van der Waals surface area contributed by atoms with Crippen LogP contribution in [-0.4, -0.2) is 18.5 Å². The van der Waals surface area contributed by atoms with Gasteiger partial charge in [0, 0.05) is 18.6 Å². The molecule has 0 heterocycles. The maximum atomic E-state index is 11.8. The molecule has 0 saturated carbocycles. The third-order valence-electron chi connectivity index (χ3n) is 2.44. The molecule has 2 nitrogen and oxygen atoms in total. The lowest BCUT2D eigenvalue weighted by Crippen LogP contribution is -2.35. The summed E-state index contributed by atoms with van der Waals surface area (Å²) >= 11 is 5.83. The van der Waals surface area contributed by atoms with Gasteiger partial charge in [0.2, 0.25) is 0 Å². The van der Waals surface area contributed by atoms with Crippen molar-refractivity contribution in [1.29, 1.82) is 0 Å². The molecule has 1 rings (SSSR count).